The van der Waals surface area contributed by atoms with E-state index in [0.29, 0.717) is 18.2 Å². The zero-order chi connectivity index (χ0) is 14.7. The molecule has 0 aliphatic rings. The van der Waals surface area contributed by atoms with Gasteiger partial charge in [0.2, 0.25) is 11.7 Å². The van der Waals surface area contributed by atoms with Crippen LogP contribution in [0.15, 0.2) is 28.7 Å². The molecule has 0 saturated carbocycles. The third-order valence-corrected chi connectivity index (χ3v) is 2.81. The molecule has 0 atom stereocenters. The number of hydrogen-bond acceptors (Lipinski definition) is 4. The van der Waals surface area contributed by atoms with E-state index in [4.69, 9.17) is 14.3 Å². The van der Waals surface area contributed by atoms with Crippen molar-refractivity contribution in [1.82, 2.24) is 4.98 Å². The second kappa shape index (κ2) is 5.77. The maximum absolute atomic E-state index is 11.2. The molecule has 0 aliphatic heterocycles. The van der Waals surface area contributed by atoms with Crippen molar-refractivity contribution < 1.29 is 19.1 Å². The lowest BCUT2D eigenvalue weighted by molar-refractivity contribution is 0.0661. The van der Waals surface area contributed by atoms with Gasteiger partial charge in [-0.1, -0.05) is 13.8 Å². The number of nitrogens with zero attached hydrogens (tertiary/aromatic N) is 1. The smallest absolute Gasteiger partial charge is 0.373 e. The minimum Gasteiger partial charge on any atom is -0.494 e. The standard InChI is InChI=1S/C15H17NO4/c1-4-19-11-7-5-10(6-8-11)14-16-12(9(2)3)13(20-14)15(17)18/h5-9H,4H2,1-3H3,(H,17,18). The number of hydrogen-bond donors (Lipinski definition) is 1. The molecule has 0 unspecified atom stereocenters. The molecule has 0 amide bonds. The number of aromatic nitrogens is 1. The minimum atomic E-state index is -1.10. The maximum Gasteiger partial charge on any atom is 0.373 e. The molecule has 0 fully saturated rings. The highest BCUT2D eigenvalue weighted by molar-refractivity contribution is 5.86. The number of carbonyl (C=O) groups is 1. The second-order valence-electron chi connectivity index (χ2n) is 4.65. The van der Waals surface area contributed by atoms with Crippen LogP contribution >= 0.6 is 0 Å². The lowest BCUT2D eigenvalue weighted by Crippen LogP contribution is -2.01. The molecule has 5 nitrogen and oxygen atoms in total. The van der Waals surface area contributed by atoms with E-state index in [1.54, 1.807) is 24.3 Å². The highest BCUT2D eigenvalue weighted by Gasteiger charge is 2.22. The summed E-state index contributed by atoms with van der Waals surface area (Å²) >= 11 is 0. The summed E-state index contributed by atoms with van der Waals surface area (Å²) in [6, 6.07) is 7.20. The Bertz CT molecular complexity index is 599. The van der Waals surface area contributed by atoms with Crippen molar-refractivity contribution in [2.75, 3.05) is 6.61 Å². The molecule has 0 radical (unpaired) electrons. The van der Waals surface area contributed by atoms with Crippen molar-refractivity contribution in [2.24, 2.45) is 0 Å². The van der Waals surface area contributed by atoms with Crippen LogP contribution in [0.4, 0.5) is 0 Å². The SMILES string of the molecule is CCOc1ccc(-c2nc(C(C)C)c(C(=O)O)o2)cc1. The predicted octanol–water partition coefficient (Wildman–Crippen LogP) is 3.56. The van der Waals surface area contributed by atoms with Crippen molar-refractivity contribution in [3.05, 3.63) is 35.7 Å². The van der Waals surface area contributed by atoms with Gasteiger partial charge in [-0.2, -0.15) is 0 Å². The molecule has 1 aromatic heterocycles. The van der Waals surface area contributed by atoms with Crippen LogP contribution in [0, 0.1) is 0 Å². The third-order valence-electron chi connectivity index (χ3n) is 2.81. The van der Waals surface area contributed by atoms with Crippen LogP contribution in [0.5, 0.6) is 5.75 Å². The Hall–Kier alpha value is -2.30. The molecule has 1 aromatic carbocycles. The van der Waals surface area contributed by atoms with Crippen molar-refractivity contribution in [1.29, 1.82) is 0 Å². The second-order valence-corrected chi connectivity index (χ2v) is 4.65. The number of oxazole rings is 1. The van der Waals surface area contributed by atoms with Crippen LogP contribution in [0.3, 0.4) is 0 Å². The van der Waals surface area contributed by atoms with E-state index in [1.807, 2.05) is 20.8 Å². The first kappa shape index (κ1) is 14.1. The van der Waals surface area contributed by atoms with Gasteiger partial charge < -0.3 is 14.3 Å². The van der Waals surface area contributed by atoms with Crippen LogP contribution in [-0.4, -0.2) is 22.7 Å². The average molecular weight is 275 g/mol. The summed E-state index contributed by atoms with van der Waals surface area (Å²) in [5.41, 5.74) is 1.18. The van der Waals surface area contributed by atoms with Crippen molar-refractivity contribution in [2.45, 2.75) is 26.7 Å². The summed E-state index contributed by atoms with van der Waals surface area (Å²) in [4.78, 5) is 15.4. The van der Waals surface area contributed by atoms with Gasteiger partial charge in [0.15, 0.2) is 0 Å². The Balaban J connectivity index is 2.37. The van der Waals surface area contributed by atoms with Crippen LogP contribution < -0.4 is 4.74 Å². The van der Waals surface area contributed by atoms with Gasteiger partial charge in [-0.3, -0.25) is 0 Å². The molecule has 2 aromatic rings. The van der Waals surface area contributed by atoms with Gasteiger partial charge in [0.05, 0.1) is 12.3 Å². The number of rotatable bonds is 5. The molecule has 5 heteroatoms. The lowest BCUT2D eigenvalue weighted by Gasteiger charge is -2.02. The first-order valence-corrected chi connectivity index (χ1v) is 6.50. The minimum absolute atomic E-state index is 0.0127. The number of aromatic carboxylic acids is 1. The quantitative estimate of drug-likeness (QED) is 0.903. The third kappa shape index (κ3) is 2.82. The first-order chi connectivity index (χ1) is 9.52. The van der Waals surface area contributed by atoms with E-state index < -0.39 is 5.97 Å². The molecule has 1 heterocycles. The van der Waals surface area contributed by atoms with Crippen LogP contribution in [-0.2, 0) is 0 Å². The fourth-order valence-corrected chi connectivity index (χ4v) is 1.86. The predicted molar refractivity (Wildman–Crippen MR) is 74.2 cm³/mol. The van der Waals surface area contributed by atoms with Crippen LogP contribution in [0.25, 0.3) is 11.5 Å². The zero-order valence-electron chi connectivity index (χ0n) is 11.7. The molecule has 0 spiro atoms. The monoisotopic (exact) mass is 275 g/mol. The number of carboxylic acids is 1. The molecule has 1 N–H and O–H groups in total. The Kier molecular flexibility index (Phi) is 4.08. The number of benzene rings is 1. The van der Waals surface area contributed by atoms with Crippen molar-refractivity contribution in [3.8, 4) is 17.2 Å². The summed E-state index contributed by atoms with van der Waals surface area (Å²) in [5.74, 6) is -0.136. The summed E-state index contributed by atoms with van der Waals surface area (Å²) in [7, 11) is 0. The van der Waals surface area contributed by atoms with Gasteiger partial charge in [-0.15, -0.1) is 0 Å². The number of ether oxygens (including phenoxy) is 1. The maximum atomic E-state index is 11.2. The van der Waals surface area contributed by atoms with Gasteiger partial charge in [-0.25, -0.2) is 9.78 Å². The lowest BCUT2D eigenvalue weighted by atomic mass is 10.1. The van der Waals surface area contributed by atoms with Gasteiger partial charge in [0.1, 0.15) is 5.75 Å². The topological polar surface area (TPSA) is 72.6 Å². The largest absolute Gasteiger partial charge is 0.494 e. The molecule has 0 aliphatic carbocycles. The fraction of sp³-hybridized carbons (Fsp3) is 0.333. The van der Waals surface area contributed by atoms with Crippen molar-refractivity contribution in [3.63, 3.8) is 0 Å². The molecule has 20 heavy (non-hydrogen) atoms. The zero-order valence-corrected chi connectivity index (χ0v) is 11.7. The van der Waals surface area contributed by atoms with Gasteiger partial charge in [0.25, 0.3) is 0 Å². The van der Waals surface area contributed by atoms with E-state index in [9.17, 15) is 4.79 Å². The Morgan fingerprint density at radius 3 is 2.45 bits per heavy atom. The van der Waals surface area contributed by atoms with Crippen LogP contribution in [0.1, 0.15) is 42.9 Å². The summed E-state index contributed by atoms with van der Waals surface area (Å²) < 4.78 is 10.7. The highest BCUT2D eigenvalue weighted by Crippen LogP contribution is 2.27. The van der Waals surface area contributed by atoms with Crippen LogP contribution in [0.2, 0.25) is 0 Å². The summed E-state index contributed by atoms with van der Waals surface area (Å²) in [6.45, 7) is 6.27. The van der Waals surface area contributed by atoms with Crippen molar-refractivity contribution >= 4 is 5.97 Å². The van der Waals surface area contributed by atoms with Gasteiger partial charge in [0, 0.05) is 5.56 Å². The van der Waals surface area contributed by atoms with E-state index in [-0.39, 0.29) is 11.7 Å². The molecule has 0 saturated heterocycles. The highest BCUT2D eigenvalue weighted by atomic mass is 16.5. The van der Waals surface area contributed by atoms with E-state index in [0.717, 1.165) is 11.3 Å². The summed E-state index contributed by atoms with van der Waals surface area (Å²) in [6.07, 6.45) is 0. The molecular weight excluding hydrogens is 258 g/mol. The molecule has 2 rings (SSSR count). The molecular formula is C15H17NO4. The number of carboxylic acid groups (broad SMARTS) is 1. The average Bonchev–Trinajstić information content (AvgIpc) is 2.85. The van der Waals surface area contributed by atoms with E-state index >= 15 is 0 Å². The Morgan fingerprint density at radius 1 is 1.35 bits per heavy atom. The van der Waals surface area contributed by atoms with Gasteiger partial charge >= 0.3 is 5.97 Å². The van der Waals surface area contributed by atoms with E-state index in [1.165, 1.54) is 0 Å². The first-order valence-electron chi connectivity index (χ1n) is 6.50. The molecule has 0 bridgehead atoms. The van der Waals surface area contributed by atoms with E-state index in [2.05, 4.69) is 4.98 Å². The summed E-state index contributed by atoms with van der Waals surface area (Å²) in [5, 5.41) is 9.14. The molecule has 106 valence electrons. The normalized spacial score (nSPS) is 10.8. The fourth-order valence-electron chi connectivity index (χ4n) is 1.86. The van der Waals surface area contributed by atoms with Gasteiger partial charge in [-0.05, 0) is 37.1 Å². The Labute approximate surface area is 117 Å². The Morgan fingerprint density at radius 2 is 2.00 bits per heavy atom.